The van der Waals surface area contributed by atoms with Crippen LogP contribution in [-0.4, -0.2) is 36.8 Å². The number of amides is 3. The van der Waals surface area contributed by atoms with Gasteiger partial charge >= 0.3 is 12.0 Å². The van der Waals surface area contributed by atoms with Gasteiger partial charge in [0.05, 0.1) is 5.75 Å². The Kier molecular flexibility index (Phi) is 8.93. The first-order valence-corrected chi connectivity index (χ1v) is 8.78. The van der Waals surface area contributed by atoms with Crippen LogP contribution in [0.3, 0.4) is 0 Å². The molecule has 132 valence electrons. The van der Waals surface area contributed by atoms with Crippen molar-refractivity contribution in [3.63, 3.8) is 0 Å². The van der Waals surface area contributed by atoms with E-state index in [9.17, 15) is 14.4 Å². The summed E-state index contributed by atoms with van der Waals surface area (Å²) < 4.78 is 4.86. The normalized spacial score (nSPS) is 10.3. The van der Waals surface area contributed by atoms with Crippen molar-refractivity contribution >= 4 is 29.7 Å². The zero-order valence-corrected chi connectivity index (χ0v) is 15.1. The molecule has 0 atom stereocenters. The molecule has 24 heavy (non-hydrogen) atoms. The SMILES string of the molecule is Cc1ccccc1SCC(=O)OCC(=O)NC(=O)NCCC(C)C. The van der Waals surface area contributed by atoms with Crippen LogP contribution in [0.2, 0.25) is 0 Å². The van der Waals surface area contributed by atoms with Crippen molar-refractivity contribution in [1.29, 1.82) is 0 Å². The Morgan fingerprint density at radius 1 is 1.21 bits per heavy atom. The number of thioether (sulfide) groups is 1. The lowest BCUT2D eigenvalue weighted by Gasteiger charge is -2.09. The summed E-state index contributed by atoms with van der Waals surface area (Å²) in [6.45, 7) is 6.06. The summed E-state index contributed by atoms with van der Waals surface area (Å²) in [6.07, 6.45) is 0.826. The van der Waals surface area contributed by atoms with Crippen LogP contribution in [0.15, 0.2) is 29.2 Å². The van der Waals surface area contributed by atoms with E-state index >= 15 is 0 Å². The average Bonchev–Trinajstić information content (AvgIpc) is 2.51. The van der Waals surface area contributed by atoms with Crippen molar-refractivity contribution in [3.05, 3.63) is 29.8 Å². The van der Waals surface area contributed by atoms with Crippen LogP contribution < -0.4 is 10.6 Å². The molecule has 1 rings (SSSR count). The molecule has 0 saturated carbocycles. The smallest absolute Gasteiger partial charge is 0.321 e. The van der Waals surface area contributed by atoms with Gasteiger partial charge in [0.25, 0.3) is 5.91 Å². The lowest BCUT2D eigenvalue weighted by Crippen LogP contribution is -2.42. The van der Waals surface area contributed by atoms with Gasteiger partial charge in [-0.05, 0) is 30.9 Å². The van der Waals surface area contributed by atoms with Crippen LogP contribution in [-0.2, 0) is 14.3 Å². The molecule has 1 aromatic carbocycles. The van der Waals surface area contributed by atoms with Crippen molar-refractivity contribution in [3.8, 4) is 0 Å². The number of nitrogens with one attached hydrogen (secondary N) is 2. The first-order chi connectivity index (χ1) is 11.4. The lowest BCUT2D eigenvalue weighted by molar-refractivity contribution is -0.145. The van der Waals surface area contributed by atoms with E-state index in [0.717, 1.165) is 16.9 Å². The topological polar surface area (TPSA) is 84.5 Å². The summed E-state index contributed by atoms with van der Waals surface area (Å²) in [5, 5.41) is 4.69. The summed E-state index contributed by atoms with van der Waals surface area (Å²) >= 11 is 1.35. The van der Waals surface area contributed by atoms with Crippen LogP contribution in [0.25, 0.3) is 0 Å². The van der Waals surface area contributed by atoms with Crippen molar-refractivity contribution in [2.45, 2.75) is 32.1 Å². The van der Waals surface area contributed by atoms with Crippen LogP contribution in [0.1, 0.15) is 25.8 Å². The number of hydrogen-bond acceptors (Lipinski definition) is 5. The molecule has 0 aromatic heterocycles. The van der Waals surface area contributed by atoms with Crippen LogP contribution in [0.5, 0.6) is 0 Å². The third kappa shape index (κ3) is 8.57. The highest BCUT2D eigenvalue weighted by Gasteiger charge is 2.11. The van der Waals surface area contributed by atoms with E-state index in [1.807, 2.05) is 45.0 Å². The fraction of sp³-hybridized carbons (Fsp3) is 0.471. The maximum atomic E-state index is 11.6. The second-order valence-corrected chi connectivity index (χ2v) is 6.72. The molecule has 0 radical (unpaired) electrons. The molecular formula is C17H24N2O4S. The number of carbonyl (C=O) groups is 3. The Hall–Kier alpha value is -2.02. The fourth-order valence-electron chi connectivity index (χ4n) is 1.72. The minimum atomic E-state index is -0.647. The number of hydrogen-bond donors (Lipinski definition) is 2. The predicted octanol–water partition coefficient (Wildman–Crippen LogP) is 2.50. The molecule has 0 aliphatic carbocycles. The minimum Gasteiger partial charge on any atom is -0.455 e. The fourth-order valence-corrected chi connectivity index (χ4v) is 2.55. The first-order valence-electron chi connectivity index (χ1n) is 7.80. The molecule has 1 aromatic rings. The Morgan fingerprint density at radius 2 is 1.92 bits per heavy atom. The summed E-state index contributed by atoms with van der Waals surface area (Å²) in [5.74, 6) is -0.573. The van der Waals surface area contributed by atoms with Gasteiger partial charge in [-0.3, -0.25) is 14.9 Å². The predicted molar refractivity (Wildman–Crippen MR) is 93.9 cm³/mol. The van der Waals surface area contributed by atoms with Gasteiger partial charge < -0.3 is 10.1 Å². The Labute approximate surface area is 146 Å². The second-order valence-electron chi connectivity index (χ2n) is 5.70. The second kappa shape index (κ2) is 10.7. The summed E-state index contributed by atoms with van der Waals surface area (Å²) in [4.78, 5) is 35.6. The van der Waals surface area contributed by atoms with Crippen molar-refractivity contribution in [2.24, 2.45) is 5.92 Å². The first kappa shape index (κ1) is 20.0. The number of imide groups is 1. The third-order valence-electron chi connectivity index (χ3n) is 3.06. The molecule has 0 unspecified atom stereocenters. The molecule has 0 saturated heterocycles. The van der Waals surface area contributed by atoms with Crippen LogP contribution >= 0.6 is 11.8 Å². The number of benzene rings is 1. The van der Waals surface area contributed by atoms with Gasteiger partial charge in [-0.15, -0.1) is 11.8 Å². The van der Waals surface area contributed by atoms with Gasteiger partial charge in [-0.25, -0.2) is 4.79 Å². The highest BCUT2D eigenvalue weighted by atomic mass is 32.2. The average molecular weight is 352 g/mol. The van der Waals surface area contributed by atoms with E-state index in [2.05, 4.69) is 10.6 Å². The molecule has 0 aliphatic rings. The quantitative estimate of drug-likeness (QED) is 0.555. The number of rotatable bonds is 8. The van der Waals surface area contributed by atoms with Crippen molar-refractivity contribution in [2.75, 3.05) is 18.9 Å². The molecule has 3 amide bonds. The Morgan fingerprint density at radius 3 is 2.58 bits per heavy atom. The maximum Gasteiger partial charge on any atom is 0.321 e. The maximum absolute atomic E-state index is 11.6. The van der Waals surface area contributed by atoms with Gasteiger partial charge in [0, 0.05) is 11.4 Å². The number of ether oxygens (including phenoxy) is 1. The van der Waals surface area contributed by atoms with E-state index < -0.39 is 24.5 Å². The molecular weight excluding hydrogens is 328 g/mol. The number of aryl methyl sites for hydroxylation is 1. The van der Waals surface area contributed by atoms with E-state index in [-0.39, 0.29) is 5.75 Å². The van der Waals surface area contributed by atoms with E-state index in [1.165, 1.54) is 11.8 Å². The highest BCUT2D eigenvalue weighted by molar-refractivity contribution is 8.00. The molecule has 0 aliphatic heterocycles. The lowest BCUT2D eigenvalue weighted by atomic mass is 10.1. The number of urea groups is 1. The highest BCUT2D eigenvalue weighted by Crippen LogP contribution is 2.21. The molecule has 0 spiro atoms. The molecule has 2 N–H and O–H groups in total. The van der Waals surface area contributed by atoms with E-state index in [0.29, 0.717) is 12.5 Å². The third-order valence-corrected chi connectivity index (χ3v) is 4.21. The number of carbonyl (C=O) groups excluding carboxylic acids is 3. The summed E-state index contributed by atoms with van der Waals surface area (Å²) in [5.41, 5.74) is 1.08. The molecule has 0 fully saturated rings. The monoisotopic (exact) mass is 352 g/mol. The Bertz CT molecular complexity index is 575. The molecule has 0 bridgehead atoms. The van der Waals surface area contributed by atoms with Crippen molar-refractivity contribution in [1.82, 2.24) is 10.6 Å². The summed E-state index contributed by atoms with van der Waals surface area (Å²) in [7, 11) is 0. The molecule has 0 heterocycles. The van der Waals surface area contributed by atoms with Gasteiger partial charge in [-0.1, -0.05) is 32.0 Å². The Balaban J connectivity index is 2.20. The van der Waals surface area contributed by atoms with Gasteiger partial charge in [0.15, 0.2) is 6.61 Å². The molecule has 6 nitrogen and oxygen atoms in total. The van der Waals surface area contributed by atoms with Gasteiger partial charge in [0.2, 0.25) is 0 Å². The van der Waals surface area contributed by atoms with E-state index in [4.69, 9.17) is 4.74 Å². The van der Waals surface area contributed by atoms with Gasteiger partial charge in [-0.2, -0.15) is 0 Å². The summed E-state index contributed by atoms with van der Waals surface area (Å²) in [6, 6.07) is 7.12. The van der Waals surface area contributed by atoms with Crippen LogP contribution in [0, 0.1) is 12.8 Å². The largest absolute Gasteiger partial charge is 0.455 e. The molecule has 7 heteroatoms. The zero-order valence-electron chi connectivity index (χ0n) is 14.3. The van der Waals surface area contributed by atoms with Gasteiger partial charge in [0.1, 0.15) is 0 Å². The van der Waals surface area contributed by atoms with Crippen LogP contribution in [0.4, 0.5) is 4.79 Å². The van der Waals surface area contributed by atoms with E-state index in [1.54, 1.807) is 0 Å². The standard InChI is InChI=1S/C17H24N2O4S/c1-12(2)8-9-18-17(22)19-15(20)10-23-16(21)11-24-14-7-5-4-6-13(14)3/h4-7,12H,8-11H2,1-3H3,(H2,18,19,20,22). The minimum absolute atomic E-state index is 0.110. The van der Waals surface area contributed by atoms with Crippen molar-refractivity contribution < 1.29 is 19.1 Å². The zero-order chi connectivity index (χ0) is 17.9. The number of esters is 1.